The van der Waals surface area contributed by atoms with Crippen LogP contribution in [-0.4, -0.2) is 24.2 Å². The minimum absolute atomic E-state index is 0.379. The van der Waals surface area contributed by atoms with E-state index in [4.69, 9.17) is 20.5 Å². The Hall–Kier alpha value is -2.32. The van der Waals surface area contributed by atoms with Gasteiger partial charge >= 0.3 is 0 Å². The molecule has 0 radical (unpaired) electrons. The lowest BCUT2D eigenvalue weighted by atomic mass is 9.75. The maximum atomic E-state index is 8.65. The molecule has 1 fully saturated rings. The predicted octanol–water partition coefficient (Wildman–Crippen LogP) is 3.99. The molecule has 1 atom stereocenters. The van der Waals surface area contributed by atoms with Crippen LogP contribution >= 0.6 is 0 Å². The van der Waals surface area contributed by atoms with Crippen LogP contribution in [0, 0.1) is 23.2 Å². The van der Waals surface area contributed by atoms with Gasteiger partial charge in [-0.3, -0.25) is 4.98 Å². The standard InChI is InChI=1S/C22H27N3O2/c23-9-1-2-10-26-18-7-8-21-19(12-18)20-11-16(14-27-22(20)13-25-21)15-3-5-17(24)6-4-15/h7-8,12-13,15-17H,1-6,10-11,14,24H2. The number of ether oxygens (including phenoxy) is 2. The fourth-order valence-corrected chi connectivity index (χ4v) is 4.41. The van der Waals surface area contributed by atoms with Crippen molar-refractivity contribution in [3.63, 3.8) is 0 Å². The molecule has 2 N–H and O–H groups in total. The van der Waals surface area contributed by atoms with Crippen LogP contribution in [0.2, 0.25) is 0 Å². The van der Waals surface area contributed by atoms with E-state index in [1.807, 2.05) is 18.3 Å². The van der Waals surface area contributed by atoms with E-state index in [0.29, 0.717) is 30.9 Å². The summed E-state index contributed by atoms with van der Waals surface area (Å²) in [4.78, 5) is 4.55. The molecule has 0 spiro atoms. The van der Waals surface area contributed by atoms with Gasteiger partial charge in [0.15, 0.2) is 0 Å². The molecule has 1 unspecified atom stereocenters. The molecule has 1 aromatic heterocycles. The number of benzene rings is 1. The molecule has 5 heteroatoms. The number of nitrogens with two attached hydrogens (primary N) is 1. The highest BCUT2D eigenvalue weighted by molar-refractivity contribution is 5.85. The van der Waals surface area contributed by atoms with Crippen molar-refractivity contribution in [2.24, 2.45) is 17.6 Å². The minimum atomic E-state index is 0.379. The van der Waals surface area contributed by atoms with Gasteiger partial charge in [0.25, 0.3) is 0 Å². The van der Waals surface area contributed by atoms with Crippen molar-refractivity contribution < 1.29 is 9.47 Å². The molecular weight excluding hydrogens is 338 g/mol. The number of nitriles is 1. The Morgan fingerprint density at radius 3 is 2.89 bits per heavy atom. The van der Waals surface area contributed by atoms with Gasteiger partial charge in [-0.15, -0.1) is 0 Å². The number of fused-ring (bicyclic) bond motifs is 3. The van der Waals surface area contributed by atoms with Gasteiger partial charge in [-0.1, -0.05) is 0 Å². The molecule has 142 valence electrons. The number of hydrogen-bond acceptors (Lipinski definition) is 5. The summed E-state index contributed by atoms with van der Waals surface area (Å²) in [6.45, 7) is 1.34. The van der Waals surface area contributed by atoms with Crippen molar-refractivity contribution in [1.29, 1.82) is 5.26 Å². The SMILES string of the molecule is N#CCCCOc1ccc2ncc3c(c2c1)CC(C1CCC(N)CC1)CO3. The molecule has 0 amide bonds. The third-order valence-electron chi connectivity index (χ3n) is 6.02. The lowest BCUT2D eigenvalue weighted by Crippen LogP contribution is -2.34. The maximum absolute atomic E-state index is 8.65. The van der Waals surface area contributed by atoms with Gasteiger partial charge in [0.05, 0.1) is 31.0 Å². The molecule has 2 aromatic rings. The second-order valence-corrected chi connectivity index (χ2v) is 7.84. The van der Waals surface area contributed by atoms with Crippen molar-refractivity contribution >= 4 is 10.9 Å². The van der Waals surface area contributed by atoms with Crippen LogP contribution in [0.4, 0.5) is 0 Å². The number of nitrogens with zero attached hydrogens (tertiary/aromatic N) is 2. The second-order valence-electron chi connectivity index (χ2n) is 7.84. The van der Waals surface area contributed by atoms with Crippen molar-refractivity contribution in [3.05, 3.63) is 30.0 Å². The Labute approximate surface area is 160 Å². The fraction of sp³-hybridized carbons (Fsp3) is 0.545. The van der Waals surface area contributed by atoms with E-state index in [0.717, 1.165) is 54.7 Å². The van der Waals surface area contributed by atoms with Gasteiger partial charge < -0.3 is 15.2 Å². The second kappa shape index (κ2) is 8.14. The number of unbranched alkanes of at least 4 members (excludes halogenated alkanes) is 1. The first-order valence-corrected chi connectivity index (χ1v) is 10.0. The van der Waals surface area contributed by atoms with E-state index >= 15 is 0 Å². The smallest absolute Gasteiger partial charge is 0.141 e. The molecule has 0 bridgehead atoms. The Morgan fingerprint density at radius 2 is 2.07 bits per heavy atom. The quantitative estimate of drug-likeness (QED) is 0.810. The molecule has 4 rings (SSSR count). The van der Waals surface area contributed by atoms with Crippen LogP contribution in [-0.2, 0) is 6.42 Å². The summed E-state index contributed by atoms with van der Waals surface area (Å²) in [7, 11) is 0. The largest absolute Gasteiger partial charge is 0.494 e. The number of pyridine rings is 1. The summed E-state index contributed by atoms with van der Waals surface area (Å²) < 4.78 is 11.9. The molecule has 27 heavy (non-hydrogen) atoms. The summed E-state index contributed by atoms with van der Waals surface area (Å²) in [5, 5.41) is 9.78. The van der Waals surface area contributed by atoms with E-state index in [-0.39, 0.29) is 0 Å². The van der Waals surface area contributed by atoms with Crippen molar-refractivity contribution in [3.8, 4) is 17.6 Å². The van der Waals surface area contributed by atoms with Crippen LogP contribution in [0.1, 0.15) is 44.1 Å². The normalized spacial score (nSPS) is 24.7. The minimum Gasteiger partial charge on any atom is -0.494 e. The van der Waals surface area contributed by atoms with Gasteiger partial charge in [0.2, 0.25) is 0 Å². The molecule has 1 aliphatic carbocycles. The van der Waals surface area contributed by atoms with Crippen molar-refractivity contribution in [2.75, 3.05) is 13.2 Å². The van der Waals surface area contributed by atoms with E-state index in [2.05, 4.69) is 17.1 Å². The third-order valence-corrected chi connectivity index (χ3v) is 6.02. The lowest BCUT2D eigenvalue weighted by molar-refractivity contribution is 0.139. The topological polar surface area (TPSA) is 81.2 Å². The van der Waals surface area contributed by atoms with E-state index in [1.54, 1.807) is 0 Å². The summed E-state index contributed by atoms with van der Waals surface area (Å²) in [6.07, 6.45) is 8.84. The van der Waals surface area contributed by atoms with Gasteiger partial charge in [0, 0.05) is 29.3 Å². The van der Waals surface area contributed by atoms with Gasteiger partial charge in [-0.25, -0.2) is 0 Å². The Morgan fingerprint density at radius 1 is 1.22 bits per heavy atom. The van der Waals surface area contributed by atoms with Crippen LogP contribution in [0.15, 0.2) is 24.4 Å². The van der Waals surface area contributed by atoms with Crippen LogP contribution in [0.25, 0.3) is 10.9 Å². The Bertz CT molecular complexity index is 837. The predicted molar refractivity (Wildman–Crippen MR) is 105 cm³/mol. The summed E-state index contributed by atoms with van der Waals surface area (Å²) in [6, 6.07) is 8.58. The van der Waals surface area contributed by atoms with Crippen molar-refractivity contribution in [1.82, 2.24) is 4.98 Å². The highest BCUT2D eigenvalue weighted by Crippen LogP contribution is 2.39. The maximum Gasteiger partial charge on any atom is 0.141 e. The molecule has 0 saturated heterocycles. The van der Waals surface area contributed by atoms with Crippen LogP contribution in [0.5, 0.6) is 11.5 Å². The van der Waals surface area contributed by atoms with E-state index < -0.39 is 0 Å². The summed E-state index contributed by atoms with van der Waals surface area (Å²) in [5.41, 5.74) is 8.32. The molecule has 1 aliphatic heterocycles. The Balaban J connectivity index is 1.54. The van der Waals surface area contributed by atoms with Crippen molar-refractivity contribution in [2.45, 2.75) is 51.0 Å². The highest BCUT2D eigenvalue weighted by Gasteiger charge is 2.31. The zero-order valence-electron chi connectivity index (χ0n) is 15.7. The Kier molecular flexibility index (Phi) is 5.45. The lowest BCUT2D eigenvalue weighted by Gasteiger charge is -2.35. The zero-order chi connectivity index (χ0) is 18.6. The van der Waals surface area contributed by atoms with Crippen LogP contribution in [0.3, 0.4) is 0 Å². The average molecular weight is 365 g/mol. The van der Waals surface area contributed by atoms with Gasteiger partial charge in [-0.05, 0) is 62.6 Å². The zero-order valence-corrected chi connectivity index (χ0v) is 15.7. The monoisotopic (exact) mass is 365 g/mol. The van der Waals surface area contributed by atoms with Gasteiger partial charge in [0.1, 0.15) is 11.5 Å². The first kappa shape index (κ1) is 18.1. The van der Waals surface area contributed by atoms with E-state index in [9.17, 15) is 0 Å². The number of rotatable bonds is 5. The number of hydrogen-bond donors (Lipinski definition) is 1. The molecule has 1 saturated carbocycles. The number of aromatic nitrogens is 1. The molecule has 2 aliphatic rings. The summed E-state index contributed by atoms with van der Waals surface area (Å²) >= 11 is 0. The molecule has 5 nitrogen and oxygen atoms in total. The first-order chi connectivity index (χ1) is 13.2. The van der Waals surface area contributed by atoms with E-state index in [1.165, 1.54) is 18.4 Å². The first-order valence-electron chi connectivity index (χ1n) is 10.0. The highest BCUT2D eigenvalue weighted by atomic mass is 16.5. The summed E-state index contributed by atoms with van der Waals surface area (Å²) in [5.74, 6) is 3.00. The molecular formula is C22H27N3O2. The van der Waals surface area contributed by atoms with Crippen LogP contribution < -0.4 is 15.2 Å². The average Bonchev–Trinajstić information content (AvgIpc) is 2.71. The van der Waals surface area contributed by atoms with Gasteiger partial charge in [-0.2, -0.15) is 5.26 Å². The third kappa shape index (κ3) is 4.01. The molecule has 2 heterocycles. The fourth-order valence-electron chi connectivity index (χ4n) is 4.41. The molecule has 1 aromatic carbocycles.